The molecular weight excluding hydrogens is 371 g/mol. The summed E-state index contributed by atoms with van der Waals surface area (Å²) in [5, 5.41) is 1.60. The predicted octanol–water partition coefficient (Wildman–Crippen LogP) is 2.72. The molecule has 1 rings (SSSR count). The first kappa shape index (κ1) is 18.3. The van der Waals surface area contributed by atoms with E-state index in [2.05, 4.69) is 15.9 Å². The highest BCUT2D eigenvalue weighted by Gasteiger charge is 2.40. The molecule has 1 N–H and O–H groups in total. The summed E-state index contributed by atoms with van der Waals surface area (Å²) in [4.78, 5) is 23.1. The fourth-order valence-corrected chi connectivity index (χ4v) is 2.11. The fraction of sp³-hybridized carbons (Fsp3) is 0.385. The number of hydrogen-bond acceptors (Lipinski definition) is 4. The second-order valence-electron chi connectivity index (χ2n) is 4.24. The van der Waals surface area contributed by atoms with Gasteiger partial charge >= 0.3 is 12.1 Å². The Morgan fingerprint density at radius 2 is 1.73 bits per heavy atom. The molecule has 0 aliphatic heterocycles. The Kier molecular flexibility index (Phi) is 5.81. The van der Waals surface area contributed by atoms with E-state index < -0.39 is 23.9 Å². The number of carbonyl (C=O) groups excluding carboxylic acids is 2. The summed E-state index contributed by atoms with van der Waals surface area (Å²) in [6, 6.07) is 1.39. The topological polar surface area (TPSA) is 64.6 Å². The van der Waals surface area contributed by atoms with Gasteiger partial charge in [-0.15, -0.1) is 0 Å². The van der Waals surface area contributed by atoms with Crippen molar-refractivity contribution in [1.29, 1.82) is 0 Å². The Bertz CT molecular complexity index is 589. The van der Waals surface area contributed by atoms with E-state index >= 15 is 0 Å². The van der Waals surface area contributed by atoms with Crippen LogP contribution in [0.5, 0.6) is 11.5 Å². The van der Waals surface area contributed by atoms with Crippen molar-refractivity contribution in [2.24, 2.45) is 0 Å². The number of carbonyl (C=O) groups is 2. The van der Waals surface area contributed by atoms with Crippen molar-refractivity contribution in [2.45, 2.75) is 19.1 Å². The van der Waals surface area contributed by atoms with Gasteiger partial charge in [0.1, 0.15) is 11.5 Å². The Morgan fingerprint density at radius 3 is 2.18 bits per heavy atom. The molecular formula is C13H13BrF3NO4. The molecule has 0 radical (unpaired) electrons. The molecule has 9 heteroatoms. The van der Waals surface area contributed by atoms with Crippen molar-refractivity contribution in [1.82, 2.24) is 5.32 Å². The molecule has 0 saturated heterocycles. The van der Waals surface area contributed by atoms with E-state index in [-0.39, 0.29) is 11.3 Å². The van der Waals surface area contributed by atoms with Gasteiger partial charge in [-0.2, -0.15) is 13.2 Å². The van der Waals surface area contributed by atoms with E-state index in [0.717, 1.165) is 6.92 Å². The third-order valence-corrected chi connectivity index (χ3v) is 3.36. The van der Waals surface area contributed by atoms with Crippen LogP contribution in [0.15, 0.2) is 16.6 Å². The van der Waals surface area contributed by atoms with Crippen LogP contribution in [0, 0.1) is 0 Å². The smallest absolute Gasteiger partial charge is 0.471 e. The normalized spacial score (nSPS) is 12.5. The Morgan fingerprint density at radius 1 is 1.18 bits per heavy atom. The zero-order valence-electron chi connectivity index (χ0n) is 11.9. The fourth-order valence-electron chi connectivity index (χ4n) is 1.63. The second kappa shape index (κ2) is 6.99. The summed E-state index contributed by atoms with van der Waals surface area (Å²) in [5.41, 5.74) is -0.00229. The summed E-state index contributed by atoms with van der Waals surface area (Å²) in [6.07, 6.45) is -5.06. The molecule has 0 fully saturated rings. The lowest BCUT2D eigenvalue weighted by atomic mass is 10.0. The van der Waals surface area contributed by atoms with Gasteiger partial charge in [-0.25, -0.2) is 0 Å². The second-order valence-corrected chi connectivity index (χ2v) is 5.10. The maximum atomic E-state index is 12.2. The molecule has 5 nitrogen and oxygen atoms in total. The molecule has 1 atom stereocenters. The first-order chi connectivity index (χ1) is 10.1. The third-order valence-electron chi connectivity index (χ3n) is 2.74. The highest BCUT2D eigenvalue weighted by Crippen LogP contribution is 2.33. The van der Waals surface area contributed by atoms with Crippen LogP contribution >= 0.6 is 15.9 Å². The monoisotopic (exact) mass is 383 g/mol. The van der Waals surface area contributed by atoms with Crippen molar-refractivity contribution in [2.75, 3.05) is 14.2 Å². The van der Waals surface area contributed by atoms with Gasteiger partial charge in [0.2, 0.25) is 0 Å². The van der Waals surface area contributed by atoms with Gasteiger partial charge in [0.05, 0.1) is 30.3 Å². The first-order valence-corrected chi connectivity index (χ1v) is 6.74. The van der Waals surface area contributed by atoms with E-state index in [9.17, 15) is 22.8 Å². The van der Waals surface area contributed by atoms with Gasteiger partial charge in [-0.3, -0.25) is 9.59 Å². The van der Waals surface area contributed by atoms with E-state index in [1.54, 1.807) is 5.32 Å². The molecule has 0 aliphatic carbocycles. The van der Waals surface area contributed by atoms with Gasteiger partial charge in [0.25, 0.3) is 0 Å². The quantitative estimate of drug-likeness (QED) is 0.794. The van der Waals surface area contributed by atoms with Crippen LogP contribution in [0.1, 0.15) is 17.3 Å². The summed E-state index contributed by atoms with van der Waals surface area (Å²) in [6.45, 7) is 1.15. The molecule has 1 amide bonds. The van der Waals surface area contributed by atoms with Crippen molar-refractivity contribution >= 4 is 27.6 Å². The minimum absolute atomic E-state index is 0.00229. The Hall–Kier alpha value is -1.77. The molecule has 1 aromatic carbocycles. The minimum Gasteiger partial charge on any atom is -0.496 e. The minimum atomic E-state index is -5.06. The predicted molar refractivity (Wildman–Crippen MR) is 75.2 cm³/mol. The molecule has 0 aromatic heterocycles. The molecule has 0 spiro atoms. The number of Topliss-reactive ketones (excluding diaryl/α,β-unsaturated/α-hetero) is 1. The lowest BCUT2D eigenvalue weighted by molar-refractivity contribution is -0.173. The van der Waals surface area contributed by atoms with E-state index in [1.165, 1.54) is 26.4 Å². The van der Waals surface area contributed by atoms with Crippen LogP contribution in [0.25, 0.3) is 0 Å². The average Bonchev–Trinajstić information content (AvgIpc) is 2.44. The SMILES string of the molecule is COc1cc(C(=O)[C@@H](C)NC(=O)C(F)(F)F)c(OC)cc1Br. The van der Waals surface area contributed by atoms with E-state index in [0.29, 0.717) is 10.2 Å². The van der Waals surface area contributed by atoms with Gasteiger partial charge in [-0.05, 0) is 35.0 Å². The first-order valence-electron chi connectivity index (χ1n) is 5.95. The van der Waals surface area contributed by atoms with Crippen molar-refractivity contribution in [3.05, 3.63) is 22.2 Å². The van der Waals surface area contributed by atoms with Crippen molar-refractivity contribution in [3.8, 4) is 11.5 Å². The number of ether oxygens (including phenoxy) is 2. The number of nitrogens with one attached hydrogen (secondary N) is 1. The van der Waals surface area contributed by atoms with Crippen LogP contribution < -0.4 is 14.8 Å². The van der Waals surface area contributed by atoms with Crippen LogP contribution in [0.2, 0.25) is 0 Å². The highest BCUT2D eigenvalue weighted by molar-refractivity contribution is 9.10. The van der Waals surface area contributed by atoms with E-state index in [1.807, 2.05) is 0 Å². The van der Waals surface area contributed by atoms with E-state index in [4.69, 9.17) is 9.47 Å². The summed E-state index contributed by atoms with van der Waals surface area (Å²) in [7, 11) is 2.68. The van der Waals surface area contributed by atoms with Gasteiger partial charge in [0.15, 0.2) is 5.78 Å². The third kappa shape index (κ3) is 4.12. The summed E-state index contributed by atoms with van der Waals surface area (Å²) >= 11 is 3.20. The number of amides is 1. The van der Waals surface area contributed by atoms with Crippen molar-refractivity contribution < 1.29 is 32.2 Å². The summed E-state index contributed by atoms with van der Waals surface area (Å²) in [5.74, 6) is -2.47. The average molecular weight is 384 g/mol. The molecule has 122 valence electrons. The van der Waals surface area contributed by atoms with Crippen LogP contribution in [0.3, 0.4) is 0 Å². The highest BCUT2D eigenvalue weighted by atomic mass is 79.9. The van der Waals surface area contributed by atoms with Crippen LogP contribution in [-0.2, 0) is 4.79 Å². The lowest BCUT2D eigenvalue weighted by Crippen LogP contribution is -2.45. The van der Waals surface area contributed by atoms with Crippen molar-refractivity contribution in [3.63, 3.8) is 0 Å². The molecule has 0 bridgehead atoms. The molecule has 22 heavy (non-hydrogen) atoms. The van der Waals surface area contributed by atoms with Gasteiger partial charge in [-0.1, -0.05) is 0 Å². The Labute approximate surface area is 132 Å². The molecule has 0 unspecified atom stereocenters. The largest absolute Gasteiger partial charge is 0.496 e. The number of hydrogen-bond donors (Lipinski definition) is 1. The molecule has 0 aliphatic rings. The molecule has 1 aromatic rings. The molecule has 0 saturated carbocycles. The number of rotatable bonds is 5. The lowest BCUT2D eigenvalue weighted by Gasteiger charge is -2.17. The summed E-state index contributed by atoms with van der Waals surface area (Å²) < 4.78 is 47.2. The number of benzene rings is 1. The maximum Gasteiger partial charge on any atom is 0.471 e. The zero-order chi connectivity index (χ0) is 17.1. The maximum absolute atomic E-state index is 12.2. The number of alkyl halides is 3. The van der Waals surface area contributed by atoms with Gasteiger partial charge in [0, 0.05) is 0 Å². The number of ketones is 1. The van der Waals surface area contributed by atoms with Crippen LogP contribution in [0.4, 0.5) is 13.2 Å². The standard InChI is InChI=1S/C13H13BrF3NO4/c1-6(18-12(20)13(15,16)17)11(19)7-4-10(22-3)8(14)5-9(7)21-2/h4-6H,1-3H3,(H,18,20)/t6-/m1/s1. The number of methoxy groups -OCH3 is 2. The van der Waals surface area contributed by atoms with Gasteiger partial charge < -0.3 is 14.8 Å². The zero-order valence-corrected chi connectivity index (χ0v) is 13.5. The molecule has 0 heterocycles. The Balaban J connectivity index is 3.09. The number of halogens is 4. The van der Waals surface area contributed by atoms with Crippen LogP contribution in [-0.4, -0.2) is 38.1 Å².